The number of halogens is 3. The van der Waals surface area contributed by atoms with Gasteiger partial charge in [-0.1, -0.05) is 0 Å². The van der Waals surface area contributed by atoms with Crippen molar-refractivity contribution in [2.24, 2.45) is 0 Å². The molecule has 5 heterocycles. The topological polar surface area (TPSA) is 95.6 Å². The molecule has 6 rings (SSSR count). The number of amides is 2. The Morgan fingerprint density at radius 2 is 1.92 bits per heavy atom. The Morgan fingerprint density at radius 1 is 1.08 bits per heavy atom. The van der Waals surface area contributed by atoms with E-state index in [1.807, 2.05) is 21.9 Å². The summed E-state index contributed by atoms with van der Waals surface area (Å²) in [7, 11) is 0. The van der Waals surface area contributed by atoms with Gasteiger partial charge in [-0.3, -0.25) is 0 Å². The molecule has 0 unspecified atom stereocenters. The normalized spacial score (nSPS) is 20.8. The number of ether oxygens (including phenoxy) is 2. The average molecular weight is 517 g/mol. The highest BCUT2D eigenvalue weighted by Crippen LogP contribution is 2.36. The second kappa shape index (κ2) is 9.58. The number of nitrogens with zero attached hydrogens (tertiary/aromatic N) is 4. The van der Waals surface area contributed by atoms with Gasteiger partial charge in [-0.2, -0.15) is 13.2 Å². The van der Waals surface area contributed by atoms with Crippen LogP contribution in [0.2, 0.25) is 0 Å². The fraction of sp³-hybridized carbons (Fsp3) is 0.480. The number of fused-ring (bicyclic) bond motifs is 2. The number of hydrogen-bond acceptors (Lipinski definition) is 6. The molecule has 196 valence electrons. The lowest BCUT2D eigenvalue weighted by Gasteiger charge is -2.37. The van der Waals surface area contributed by atoms with Crippen molar-refractivity contribution in [3.63, 3.8) is 0 Å². The molecule has 2 fully saturated rings. The SMILES string of the molecule is O=C(N1CCOCC1)N1CCc2cc(-c3cnc4[nH]cc(C(F)(F)F)c4n3)cc([C@@H]3COCCN3)c2C1. The van der Waals surface area contributed by atoms with Crippen molar-refractivity contribution in [3.8, 4) is 11.3 Å². The highest BCUT2D eigenvalue weighted by Gasteiger charge is 2.35. The minimum Gasteiger partial charge on any atom is -0.378 e. The minimum atomic E-state index is -4.54. The summed E-state index contributed by atoms with van der Waals surface area (Å²) >= 11 is 0. The van der Waals surface area contributed by atoms with Crippen LogP contribution in [0, 0.1) is 0 Å². The predicted molar refractivity (Wildman–Crippen MR) is 128 cm³/mol. The standard InChI is InChI=1S/C25H27F3N6O3/c26-25(27,28)19-11-30-23-22(19)32-20(12-31-23)16-9-15-1-3-34(24(35)33-4-7-36-8-5-33)13-18(15)17(10-16)21-14-37-6-2-29-21/h9-12,21,29H,1-8,13-14H2,(H,30,31)/t21-/m0/s1. The van der Waals surface area contributed by atoms with E-state index in [4.69, 9.17) is 9.47 Å². The Morgan fingerprint density at radius 3 is 2.68 bits per heavy atom. The first kappa shape index (κ1) is 24.1. The maximum Gasteiger partial charge on any atom is 0.420 e. The molecule has 2 amide bonds. The van der Waals surface area contributed by atoms with E-state index in [9.17, 15) is 18.0 Å². The first-order valence-corrected chi connectivity index (χ1v) is 12.4. The van der Waals surface area contributed by atoms with E-state index >= 15 is 0 Å². The third kappa shape index (κ3) is 4.64. The van der Waals surface area contributed by atoms with Gasteiger partial charge in [0.15, 0.2) is 5.65 Å². The largest absolute Gasteiger partial charge is 0.420 e. The van der Waals surface area contributed by atoms with Crippen LogP contribution in [0.1, 0.15) is 28.3 Å². The summed E-state index contributed by atoms with van der Waals surface area (Å²) in [5, 5.41) is 3.48. The van der Waals surface area contributed by atoms with Crippen molar-refractivity contribution in [1.82, 2.24) is 30.1 Å². The number of urea groups is 1. The van der Waals surface area contributed by atoms with Crippen molar-refractivity contribution >= 4 is 17.2 Å². The zero-order chi connectivity index (χ0) is 25.6. The van der Waals surface area contributed by atoms with Crippen molar-refractivity contribution in [2.45, 2.75) is 25.2 Å². The van der Waals surface area contributed by atoms with Gasteiger partial charge < -0.3 is 29.6 Å². The average Bonchev–Trinajstić information content (AvgIpc) is 3.37. The summed E-state index contributed by atoms with van der Waals surface area (Å²) in [6, 6.07) is 3.81. The summed E-state index contributed by atoms with van der Waals surface area (Å²) < 4.78 is 51.6. The molecule has 9 nitrogen and oxygen atoms in total. The number of rotatable bonds is 2. The molecule has 12 heteroatoms. The summed E-state index contributed by atoms with van der Waals surface area (Å²) in [5.41, 5.74) is 3.18. The third-order valence-electron chi connectivity index (χ3n) is 7.21. The van der Waals surface area contributed by atoms with Crippen LogP contribution in [0.3, 0.4) is 0 Å². The van der Waals surface area contributed by atoms with E-state index in [1.54, 1.807) is 0 Å². The van der Waals surface area contributed by atoms with Gasteiger partial charge in [0, 0.05) is 44.5 Å². The molecule has 1 atom stereocenters. The van der Waals surface area contributed by atoms with Crippen LogP contribution in [-0.4, -0.2) is 83.4 Å². The molecule has 0 radical (unpaired) electrons. The fourth-order valence-corrected chi connectivity index (χ4v) is 5.29. The maximum atomic E-state index is 13.5. The molecular formula is C25H27F3N6O3. The van der Waals surface area contributed by atoms with Crippen molar-refractivity contribution < 1.29 is 27.4 Å². The van der Waals surface area contributed by atoms with Crippen LogP contribution in [0.25, 0.3) is 22.4 Å². The molecule has 3 aromatic rings. The quantitative estimate of drug-likeness (QED) is 0.544. The maximum absolute atomic E-state index is 13.5. The second-order valence-corrected chi connectivity index (χ2v) is 9.49. The lowest BCUT2D eigenvalue weighted by molar-refractivity contribution is -0.136. The Bertz CT molecular complexity index is 1310. The van der Waals surface area contributed by atoms with Crippen molar-refractivity contribution in [1.29, 1.82) is 0 Å². The predicted octanol–water partition coefficient (Wildman–Crippen LogP) is 3.11. The fourth-order valence-electron chi connectivity index (χ4n) is 5.29. The molecule has 37 heavy (non-hydrogen) atoms. The molecule has 0 bridgehead atoms. The number of aromatic amines is 1. The number of morpholine rings is 2. The van der Waals surface area contributed by atoms with Crippen molar-refractivity contribution in [3.05, 3.63) is 46.8 Å². The molecule has 3 aliphatic heterocycles. The second-order valence-electron chi connectivity index (χ2n) is 9.49. The molecule has 3 aliphatic rings. The first-order valence-electron chi connectivity index (χ1n) is 12.4. The first-order chi connectivity index (χ1) is 17.9. The van der Waals surface area contributed by atoms with Gasteiger partial charge in [-0.05, 0) is 35.2 Å². The summed E-state index contributed by atoms with van der Waals surface area (Å²) in [4.78, 5) is 28.0. The minimum absolute atomic E-state index is 0.000265. The Labute approximate surface area is 211 Å². The van der Waals surface area contributed by atoms with E-state index < -0.39 is 11.7 Å². The van der Waals surface area contributed by atoms with E-state index in [1.165, 1.54) is 6.20 Å². The van der Waals surface area contributed by atoms with Crippen LogP contribution >= 0.6 is 0 Å². The van der Waals surface area contributed by atoms with Gasteiger partial charge in [0.1, 0.15) is 11.1 Å². The van der Waals surface area contributed by atoms with Crippen LogP contribution in [0.5, 0.6) is 0 Å². The number of H-pyrrole nitrogens is 1. The van der Waals surface area contributed by atoms with Crippen LogP contribution in [0.4, 0.5) is 18.0 Å². The summed E-state index contributed by atoms with van der Waals surface area (Å²) in [6.07, 6.45) is -1.51. The molecule has 1 aromatic carbocycles. The molecule has 0 spiro atoms. The number of nitrogens with one attached hydrogen (secondary N) is 2. The van der Waals surface area contributed by atoms with E-state index in [0.717, 1.165) is 22.9 Å². The number of benzene rings is 1. The van der Waals surface area contributed by atoms with Gasteiger partial charge in [0.25, 0.3) is 0 Å². The lowest BCUT2D eigenvalue weighted by Crippen LogP contribution is -2.49. The van der Waals surface area contributed by atoms with E-state index in [2.05, 4.69) is 20.3 Å². The Hall–Kier alpha value is -3.22. The summed E-state index contributed by atoms with van der Waals surface area (Å²) in [5.74, 6) is 0. The monoisotopic (exact) mass is 516 g/mol. The number of hydrogen-bond donors (Lipinski definition) is 2. The van der Waals surface area contributed by atoms with Crippen LogP contribution in [0.15, 0.2) is 24.5 Å². The molecular weight excluding hydrogens is 489 g/mol. The number of aromatic nitrogens is 3. The van der Waals surface area contributed by atoms with Gasteiger partial charge in [-0.15, -0.1) is 0 Å². The molecule has 2 N–H and O–H groups in total. The number of alkyl halides is 3. The zero-order valence-electron chi connectivity index (χ0n) is 20.1. The summed E-state index contributed by atoms with van der Waals surface area (Å²) in [6.45, 7) is 5.00. The molecule has 2 aromatic heterocycles. The van der Waals surface area contributed by atoms with Gasteiger partial charge in [-0.25, -0.2) is 14.8 Å². The van der Waals surface area contributed by atoms with E-state index in [0.29, 0.717) is 76.8 Å². The van der Waals surface area contributed by atoms with Crippen LogP contribution < -0.4 is 5.32 Å². The zero-order valence-corrected chi connectivity index (χ0v) is 20.1. The molecule has 2 saturated heterocycles. The third-order valence-corrected chi connectivity index (χ3v) is 7.21. The van der Waals surface area contributed by atoms with Crippen LogP contribution in [-0.2, 0) is 28.6 Å². The highest BCUT2D eigenvalue weighted by molar-refractivity contribution is 5.79. The lowest BCUT2D eigenvalue weighted by atomic mass is 9.88. The van der Waals surface area contributed by atoms with Crippen molar-refractivity contribution in [2.75, 3.05) is 52.6 Å². The van der Waals surface area contributed by atoms with Gasteiger partial charge in [0.05, 0.1) is 44.4 Å². The smallest absolute Gasteiger partial charge is 0.378 e. The Kier molecular flexibility index (Phi) is 6.25. The van der Waals surface area contributed by atoms with E-state index in [-0.39, 0.29) is 23.2 Å². The highest BCUT2D eigenvalue weighted by atomic mass is 19.4. The number of carbonyl (C=O) groups excluding carboxylic acids is 1. The Balaban J connectivity index is 1.38. The molecule has 0 saturated carbocycles. The van der Waals surface area contributed by atoms with Gasteiger partial charge in [0.2, 0.25) is 0 Å². The molecule has 0 aliphatic carbocycles. The number of carbonyl (C=O) groups is 1. The van der Waals surface area contributed by atoms with Gasteiger partial charge >= 0.3 is 12.2 Å².